The van der Waals surface area contributed by atoms with Crippen molar-refractivity contribution < 1.29 is 22.7 Å². The van der Waals surface area contributed by atoms with Crippen LogP contribution in [-0.4, -0.2) is 23.8 Å². The molecule has 8 nitrogen and oxygen atoms in total. The number of hydrogen-bond donors (Lipinski definition) is 1. The molecule has 0 aliphatic rings. The molecule has 0 fully saturated rings. The first-order valence-corrected chi connectivity index (χ1v) is 5.64. The molecule has 92 valence electrons. The van der Waals surface area contributed by atoms with Crippen LogP contribution in [0.3, 0.4) is 0 Å². The van der Waals surface area contributed by atoms with Crippen LogP contribution in [0.15, 0.2) is 23.1 Å². The Hall–Kier alpha value is -2.00. The van der Waals surface area contributed by atoms with Crippen LogP contribution in [0.25, 0.3) is 0 Å². The van der Waals surface area contributed by atoms with Crippen molar-refractivity contribution in [3.63, 3.8) is 0 Å². The summed E-state index contributed by atoms with van der Waals surface area (Å²) in [7, 11) is -4.77. The average molecular weight is 259 g/mol. The molecule has 0 heterocycles. The minimum Gasteiger partial charge on any atom is -0.744 e. The van der Waals surface area contributed by atoms with Gasteiger partial charge in [0, 0.05) is 13.0 Å². The minimum absolute atomic E-state index is 0.171. The molecule has 0 spiro atoms. The molecule has 17 heavy (non-hydrogen) atoms. The Morgan fingerprint density at radius 1 is 1.41 bits per heavy atom. The fourth-order valence-electron chi connectivity index (χ4n) is 1.11. The van der Waals surface area contributed by atoms with Gasteiger partial charge in [-0.1, -0.05) is 0 Å². The smallest absolute Gasteiger partial charge is 0.294 e. The lowest BCUT2D eigenvalue weighted by Crippen LogP contribution is -2.09. The van der Waals surface area contributed by atoms with Crippen LogP contribution in [0.1, 0.15) is 6.92 Å². The number of nitro benzene ring substituents is 1. The van der Waals surface area contributed by atoms with Gasteiger partial charge in [0.25, 0.3) is 5.69 Å². The van der Waals surface area contributed by atoms with Gasteiger partial charge in [0.05, 0.1) is 9.82 Å². The van der Waals surface area contributed by atoms with Gasteiger partial charge in [0.1, 0.15) is 15.8 Å². The third-order valence-electron chi connectivity index (χ3n) is 1.77. The number of nitrogens with one attached hydrogen (secondary N) is 1. The fourth-order valence-corrected chi connectivity index (χ4v) is 1.60. The second kappa shape index (κ2) is 4.47. The summed E-state index contributed by atoms with van der Waals surface area (Å²) in [6, 6.07) is 2.48. The third kappa shape index (κ3) is 3.23. The van der Waals surface area contributed by atoms with Crippen molar-refractivity contribution in [3.05, 3.63) is 28.3 Å². The number of rotatable bonds is 3. The molecule has 0 saturated carbocycles. The van der Waals surface area contributed by atoms with E-state index in [9.17, 15) is 27.9 Å². The third-order valence-corrected chi connectivity index (χ3v) is 2.60. The second-order valence-corrected chi connectivity index (χ2v) is 4.45. The summed E-state index contributed by atoms with van der Waals surface area (Å²) in [6.07, 6.45) is 0. The lowest BCUT2D eigenvalue weighted by molar-refractivity contribution is -0.384. The van der Waals surface area contributed by atoms with Gasteiger partial charge in [-0.3, -0.25) is 14.9 Å². The van der Waals surface area contributed by atoms with Crippen molar-refractivity contribution in [1.82, 2.24) is 0 Å². The first kappa shape index (κ1) is 13.1. The lowest BCUT2D eigenvalue weighted by atomic mass is 10.2. The maximum Gasteiger partial charge on any atom is 0.294 e. The Kier molecular flexibility index (Phi) is 3.44. The molecule has 0 unspecified atom stereocenters. The van der Waals surface area contributed by atoms with Crippen molar-refractivity contribution in [3.8, 4) is 0 Å². The molecular weight excluding hydrogens is 252 g/mol. The molecule has 1 N–H and O–H groups in total. The Morgan fingerprint density at radius 2 is 2.00 bits per heavy atom. The highest BCUT2D eigenvalue weighted by atomic mass is 32.2. The number of nitrogens with zero attached hydrogens (tertiary/aromatic N) is 1. The van der Waals surface area contributed by atoms with Crippen molar-refractivity contribution in [2.45, 2.75) is 11.8 Å². The quantitative estimate of drug-likeness (QED) is 0.476. The monoisotopic (exact) mass is 259 g/mol. The van der Waals surface area contributed by atoms with Crippen LogP contribution in [0, 0.1) is 10.1 Å². The van der Waals surface area contributed by atoms with Gasteiger partial charge in [-0.25, -0.2) is 8.42 Å². The fraction of sp³-hybridized carbons (Fsp3) is 0.125. The van der Waals surface area contributed by atoms with E-state index in [0.717, 1.165) is 19.1 Å². The van der Waals surface area contributed by atoms with Gasteiger partial charge < -0.3 is 9.87 Å². The van der Waals surface area contributed by atoms with Crippen LogP contribution in [0.2, 0.25) is 0 Å². The van der Waals surface area contributed by atoms with Crippen molar-refractivity contribution in [2.24, 2.45) is 0 Å². The maximum atomic E-state index is 10.8. The van der Waals surface area contributed by atoms with Crippen LogP contribution in [0.5, 0.6) is 0 Å². The van der Waals surface area contributed by atoms with E-state index in [1.165, 1.54) is 0 Å². The molecule has 9 heteroatoms. The van der Waals surface area contributed by atoms with Gasteiger partial charge in [0.2, 0.25) is 5.91 Å². The maximum absolute atomic E-state index is 10.8. The van der Waals surface area contributed by atoms with Crippen molar-refractivity contribution >= 4 is 27.4 Å². The minimum atomic E-state index is -4.77. The molecule has 1 aromatic rings. The summed E-state index contributed by atoms with van der Waals surface area (Å²) in [5.41, 5.74) is -0.827. The lowest BCUT2D eigenvalue weighted by Gasteiger charge is -2.08. The molecule has 0 aliphatic heterocycles. The molecule has 1 rings (SSSR count). The van der Waals surface area contributed by atoms with E-state index in [2.05, 4.69) is 5.32 Å². The van der Waals surface area contributed by atoms with Gasteiger partial charge in [0.15, 0.2) is 0 Å². The summed E-state index contributed by atoms with van der Waals surface area (Å²) in [4.78, 5) is 19.8. The van der Waals surface area contributed by atoms with E-state index in [0.29, 0.717) is 6.07 Å². The molecule has 0 bridgehead atoms. The van der Waals surface area contributed by atoms with E-state index in [1.54, 1.807) is 0 Å². The predicted molar refractivity (Wildman–Crippen MR) is 55.4 cm³/mol. The largest absolute Gasteiger partial charge is 0.744 e. The summed E-state index contributed by atoms with van der Waals surface area (Å²) >= 11 is 0. The van der Waals surface area contributed by atoms with Gasteiger partial charge in [-0.2, -0.15) is 0 Å². The molecule has 1 aromatic carbocycles. The zero-order valence-electron chi connectivity index (χ0n) is 8.54. The highest BCUT2D eigenvalue weighted by Gasteiger charge is 2.17. The Morgan fingerprint density at radius 3 is 2.41 bits per heavy atom. The zero-order valence-corrected chi connectivity index (χ0v) is 9.35. The molecule has 0 aliphatic carbocycles. The van der Waals surface area contributed by atoms with E-state index in [4.69, 9.17) is 0 Å². The number of hydrogen-bond acceptors (Lipinski definition) is 6. The van der Waals surface area contributed by atoms with Gasteiger partial charge in [-0.15, -0.1) is 0 Å². The number of anilines is 1. The number of benzene rings is 1. The molecule has 0 saturated heterocycles. The Bertz CT molecular complexity index is 580. The number of carbonyl (C=O) groups excluding carboxylic acids is 1. The topological polar surface area (TPSA) is 129 Å². The summed E-state index contributed by atoms with van der Waals surface area (Å²) in [6.45, 7) is 1.14. The second-order valence-electron chi connectivity index (χ2n) is 3.07. The normalized spacial score (nSPS) is 10.9. The van der Waals surface area contributed by atoms with E-state index in [1.807, 2.05) is 0 Å². The van der Waals surface area contributed by atoms with Crippen LogP contribution >= 0.6 is 0 Å². The molecule has 0 atom stereocenters. The number of amides is 1. The van der Waals surface area contributed by atoms with E-state index < -0.39 is 31.5 Å². The molecule has 0 aromatic heterocycles. The molecule has 1 amide bonds. The Labute approximate surface area is 96.2 Å². The van der Waals surface area contributed by atoms with Crippen LogP contribution < -0.4 is 5.32 Å². The number of nitro groups is 1. The summed E-state index contributed by atoms with van der Waals surface area (Å²) in [5, 5.41) is 12.8. The predicted octanol–water partition coefficient (Wildman–Crippen LogP) is 0.457. The van der Waals surface area contributed by atoms with Gasteiger partial charge in [-0.05, 0) is 12.1 Å². The Balaban J connectivity index is 3.37. The number of carbonyl (C=O) groups is 1. The van der Waals surface area contributed by atoms with Crippen molar-refractivity contribution in [1.29, 1.82) is 0 Å². The summed E-state index contributed by atoms with van der Waals surface area (Å²) in [5.74, 6) is -0.550. The highest BCUT2D eigenvalue weighted by Crippen LogP contribution is 2.27. The first-order chi connectivity index (χ1) is 7.71. The first-order valence-electron chi connectivity index (χ1n) is 4.24. The SMILES string of the molecule is CC(=O)Nc1ccc(S(=O)(=O)[O-])cc1[N+](=O)[O-]. The molecular formula is C8H7N2O6S-. The average Bonchev–Trinajstić information content (AvgIpc) is 2.15. The van der Waals surface area contributed by atoms with Crippen LogP contribution in [-0.2, 0) is 14.9 Å². The highest BCUT2D eigenvalue weighted by molar-refractivity contribution is 7.85. The van der Waals surface area contributed by atoms with E-state index >= 15 is 0 Å². The van der Waals surface area contributed by atoms with E-state index in [-0.39, 0.29) is 5.69 Å². The standard InChI is InChI=1S/C8H8N2O6S/c1-5(11)9-7-3-2-6(17(14,15)16)4-8(7)10(12)13/h2-4H,1H3,(H,9,11)(H,14,15,16)/p-1. The van der Waals surface area contributed by atoms with Crippen molar-refractivity contribution in [2.75, 3.05) is 5.32 Å². The zero-order chi connectivity index (χ0) is 13.2. The molecule has 0 radical (unpaired) electrons. The summed E-state index contributed by atoms with van der Waals surface area (Å²) < 4.78 is 32.0. The van der Waals surface area contributed by atoms with Gasteiger partial charge >= 0.3 is 0 Å². The van der Waals surface area contributed by atoms with Crippen LogP contribution in [0.4, 0.5) is 11.4 Å².